The second kappa shape index (κ2) is 18.2. The Balaban J connectivity index is 0.943. The molecule has 2 N–H and O–H groups in total. The Morgan fingerprint density at radius 3 is 2.29 bits per heavy atom. The molecule has 0 saturated carbocycles. The number of hydrogen-bond donors (Lipinski definition) is 2. The summed E-state index contributed by atoms with van der Waals surface area (Å²) >= 11 is 1.52. The van der Waals surface area contributed by atoms with Crippen molar-refractivity contribution in [1.29, 1.82) is 0 Å². The average molecular weight is 811 g/mol. The second-order valence-electron chi connectivity index (χ2n) is 14.4. The van der Waals surface area contributed by atoms with Crippen LogP contribution in [0.3, 0.4) is 0 Å². The summed E-state index contributed by atoms with van der Waals surface area (Å²) in [5.74, 6) is -0.302. The summed E-state index contributed by atoms with van der Waals surface area (Å²) in [6, 6.07) is 41.4. The van der Waals surface area contributed by atoms with Crippen LogP contribution in [0.4, 0.5) is 4.79 Å². The lowest BCUT2D eigenvalue weighted by Crippen LogP contribution is -2.41. The Bertz CT molecular complexity index is 2380. The third kappa shape index (κ3) is 9.26. The molecule has 1 unspecified atom stereocenters. The molecule has 6 aromatic rings. The molecule has 0 aliphatic carbocycles. The molecule has 2 saturated heterocycles. The van der Waals surface area contributed by atoms with Crippen molar-refractivity contribution in [2.75, 3.05) is 5.75 Å². The van der Waals surface area contributed by atoms with Crippen LogP contribution in [0, 0.1) is 5.92 Å². The molecule has 1 aromatic heterocycles. The Morgan fingerprint density at radius 2 is 1.54 bits per heavy atom. The van der Waals surface area contributed by atoms with Gasteiger partial charge in [0.15, 0.2) is 6.29 Å². The highest BCUT2D eigenvalue weighted by atomic mass is 32.2. The lowest BCUT2D eigenvalue weighted by atomic mass is 9.91. The van der Waals surface area contributed by atoms with Gasteiger partial charge in [-0.05, 0) is 62.0 Å². The van der Waals surface area contributed by atoms with Gasteiger partial charge in [0.2, 0.25) is 11.1 Å². The monoisotopic (exact) mass is 810 g/mol. The Morgan fingerprint density at radius 1 is 0.831 bits per heavy atom. The summed E-state index contributed by atoms with van der Waals surface area (Å²) in [5.41, 5.74) is 6.92. The summed E-state index contributed by atoms with van der Waals surface area (Å²) < 4.78 is 20.3. The highest BCUT2D eigenvalue weighted by molar-refractivity contribution is 7.99. The first-order chi connectivity index (χ1) is 28.8. The van der Waals surface area contributed by atoms with E-state index in [1.165, 1.54) is 16.7 Å². The SMILES string of the molecule is C[C@H]1[C@@H](CSc2nnnn2-c2ccccc2)O[C@@H](c2ccc(-c3cccc(CN4C(=O)CC(NC(=O)OCc5ccccc5)C4=O)c3)cc2)O[C@H]1c1ccc(CO)cc1. The molecule has 5 aromatic carbocycles. The molecule has 3 heterocycles. The topological polar surface area (TPSA) is 158 Å². The van der Waals surface area contributed by atoms with E-state index in [2.05, 4.69) is 27.8 Å². The van der Waals surface area contributed by atoms with Crippen LogP contribution in [0.1, 0.15) is 53.6 Å². The Labute approximate surface area is 345 Å². The number of aliphatic hydroxyl groups excluding tert-OH is 1. The van der Waals surface area contributed by atoms with Gasteiger partial charge in [0, 0.05) is 17.2 Å². The number of nitrogens with one attached hydrogen (secondary N) is 1. The van der Waals surface area contributed by atoms with Crippen molar-refractivity contribution in [3.05, 3.63) is 161 Å². The summed E-state index contributed by atoms with van der Waals surface area (Å²) in [7, 11) is 0. The third-order valence-electron chi connectivity index (χ3n) is 10.5. The van der Waals surface area contributed by atoms with E-state index in [1.54, 1.807) is 4.68 Å². The molecule has 0 radical (unpaired) electrons. The predicted octanol–water partition coefficient (Wildman–Crippen LogP) is 6.96. The molecule has 2 fully saturated rings. The average Bonchev–Trinajstić information content (AvgIpc) is 3.86. The van der Waals surface area contributed by atoms with Gasteiger partial charge in [-0.1, -0.05) is 134 Å². The van der Waals surface area contributed by atoms with Crippen molar-refractivity contribution in [3.8, 4) is 16.8 Å². The van der Waals surface area contributed by atoms with E-state index in [0.717, 1.165) is 44.6 Å². The summed E-state index contributed by atoms with van der Waals surface area (Å²) in [5, 5.41) is 25.3. The van der Waals surface area contributed by atoms with Crippen molar-refractivity contribution in [2.45, 2.75) is 62.8 Å². The Kier molecular flexibility index (Phi) is 12.2. The zero-order chi connectivity index (χ0) is 40.7. The highest BCUT2D eigenvalue weighted by Crippen LogP contribution is 2.43. The number of thioether (sulfide) groups is 1. The number of likely N-dealkylation sites (tertiary alicyclic amines) is 1. The number of carbonyl (C=O) groups is 3. The third-order valence-corrected chi connectivity index (χ3v) is 11.5. The Hall–Kier alpha value is -6.19. The molecule has 59 heavy (non-hydrogen) atoms. The number of imide groups is 1. The van der Waals surface area contributed by atoms with Gasteiger partial charge in [0.05, 0.1) is 37.5 Å². The van der Waals surface area contributed by atoms with Crippen LogP contribution in [0.5, 0.6) is 0 Å². The van der Waals surface area contributed by atoms with Crippen molar-refractivity contribution in [2.24, 2.45) is 5.92 Å². The number of amides is 3. The van der Waals surface area contributed by atoms with Crippen LogP contribution in [-0.2, 0) is 43.6 Å². The number of tetrazole rings is 1. The van der Waals surface area contributed by atoms with E-state index in [0.29, 0.717) is 10.9 Å². The van der Waals surface area contributed by atoms with Gasteiger partial charge in [-0.2, -0.15) is 4.68 Å². The van der Waals surface area contributed by atoms with Crippen LogP contribution in [0.2, 0.25) is 0 Å². The van der Waals surface area contributed by atoms with Crippen LogP contribution < -0.4 is 5.32 Å². The first kappa shape index (κ1) is 39.6. The number of aliphatic hydroxyl groups is 1. The minimum Gasteiger partial charge on any atom is -0.445 e. The zero-order valence-corrected chi connectivity index (χ0v) is 33.0. The number of aromatic nitrogens is 4. The molecule has 14 heteroatoms. The summed E-state index contributed by atoms with van der Waals surface area (Å²) in [6.45, 7) is 2.20. The van der Waals surface area contributed by atoms with Crippen molar-refractivity contribution in [3.63, 3.8) is 0 Å². The van der Waals surface area contributed by atoms with E-state index in [-0.39, 0.29) is 50.2 Å². The molecule has 300 valence electrons. The number of alkyl carbamates (subject to hydrolysis) is 1. The van der Waals surface area contributed by atoms with E-state index in [9.17, 15) is 19.5 Å². The zero-order valence-electron chi connectivity index (χ0n) is 32.2. The van der Waals surface area contributed by atoms with Gasteiger partial charge in [0.25, 0.3) is 5.91 Å². The van der Waals surface area contributed by atoms with Gasteiger partial charge < -0.3 is 24.6 Å². The number of rotatable bonds is 13. The molecular formula is C45H42N6O7S. The number of hydrogen-bond acceptors (Lipinski definition) is 11. The van der Waals surface area contributed by atoms with Crippen molar-refractivity contribution < 1.29 is 33.7 Å². The fourth-order valence-electron chi connectivity index (χ4n) is 7.20. The minimum atomic E-state index is -0.988. The highest BCUT2D eigenvalue weighted by Gasteiger charge is 2.40. The fourth-order valence-corrected chi connectivity index (χ4v) is 8.25. The molecule has 0 spiro atoms. The maximum absolute atomic E-state index is 13.2. The quantitative estimate of drug-likeness (QED) is 0.0918. The molecule has 2 aliphatic heterocycles. The molecule has 2 aliphatic rings. The molecule has 8 rings (SSSR count). The molecule has 5 atom stereocenters. The fraction of sp³-hybridized carbons (Fsp3) is 0.244. The summed E-state index contributed by atoms with van der Waals surface area (Å²) in [4.78, 5) is 39.8. The van der Waals surface area contributed by atoms with Crippen molar-refractivity contribution in [1.82, 2.24) is 30.4 Å². The first-order valence-electron chi connectivity index (χ1n) is 19.3. The van der Waals surface area contributed by atoms with Crippen LogP contribution in [0.25, 0.3) is 16.8 Å². The molecule has 3 amide bonds. The van der Waals surface area contributed by atoms with E-state index in [4.69, 9.17) is 14.2 Å². The molecule has 13 nitrogen and oxygen atoms in total. The number of ether oxygens (including phenoxy) is 3. The van der Waals surface area contributed by atoms with Gasteiger partial charge in [0.1, 0.15) is 12.6 Å². The minimum absolute atomic E-state index is 0.0318. The van der Waals surface area contributed by atoms with Gasteiger partial charge in [-0.3, -0.25) is 14.5 Å². The number of para-hydroxylation sites is 1. The second-order valence-corrected chi connectivity index (χ2v) is 15.4. The van der Waals surface area contributed by atoms with Crippen molar-refractivity contribution >= 4 is 29.7 Å². The lowest BCUT2D eigenvalue weighted by molar-refractivity contribution is -0.268. The van der Waals surface area contributed by atoms with E-state index < -0.39 is 24.3 Å². The lowest BCUT2D eigenvalue weighted by Gasteiger charge is -2.41. The van der Waals surface area contributed by atoms with E-state index in [1.807, 2.05) is 133 Å². The van der Waals surface area contributed by atoms with Gasteiger partial charge in [-0.25, -0.2) is 4.79 Å². The van der Waals surface area contributed by atoms with Crippen LogP contribution >= 0.6 is 11.8 Å². The summed E-state index contributed by atoms with van der Waals surface area (Å²) in [6.07, 6.45) is -2.09. The number of benzene rings is 5. The van der Waals surface area contributed by atoms with Crippen LogP contribution in [0.15, 0.2) is 139 Å². The molecular weight excluding hydrogens is 769 g/mol. The maximum Gasteiger partial charge on any atom is 0.408 e. The van der Waals surface area contributed by atoms with E-state index >= 15 is 0 Å². The first-order valence-corrected chi connectivity index (χ1v) is 20.3. The molecule has 0 bridgehead atoms. The maximum atomic E-state index is 13.2. The van der Waals surface area contributed by atoms with Gasteiger partial charge in [-0.15, -0.1) is 5.10 Å². The smallest absolute Gasteiger partial charge is 0.408 e. The number of carbonyl (C=O) groups excluding carboxylic acids is 3. The number of nitrogens with zero attached hydrogens (tertiary/aromatic N) is 5. The van der Waals surface area contributed by atoms with Gasteiger partial charge >= 0.3 is 6.09 Å². The standard InChI is InChI=1S/C45H42N6O7S/c1-29-39(28-59-44-47-48-49-51(44)37-13-6-3-7-14-37)57-43(58-41(29)34-17-15-30(26-52)16-18-34)35-21-19-33(20-22-35)36-12-8-11-32(23-36)25-50-40(53)24-38(42(50)54)46-45(55)56-27-31-9-4-2-5-10-31/h2-23,29,38-39,41,43,52H,24-28H2,1H3,(H,46,55)/t29-,38?,39+,41+,43+/m0/s1. The van der Waals surface area contributed by atoms with Crippen LogP contribution in [-0.4, -0.2) is 66.0 Å². The normalized spacial score (nSPS) is 20.4. The predicted molar refractivity (Wildman–Crippen MR) is 218 cm³/mol. The largest absolute Gasteiger partial charge is 0.445 e.